The van der Waals surface area contributed by atoms with Gasteiger partial charge in [-0.15, -0.1) is 0 Å². The molecule has 1 aromatic carbocycles. The Hall–Kier alpha value is -3.57. The largest absolute Gasteiger partial charge is 0.435 e. The van der Waals surface area contributed by atoms with E-state index in [2.05, 4.69) is 25.0 Å². The van der Waals surface area contributed by atoms with Crippen molar-refractivity contribution in [1.82, 2.24) is 25.2 Å². The van der Waals surface area contributed by atoms with Crippen molar-refractivity contribution < 1.29 is 23.1 Å². The van der Waals surface area contributed by atoms with Crippen LogP contribution in [0, 0.1) is 0 Å². The summed E-state index contributed by atoms with van der Waals surface area (Å²) in [5.74, 6) is -0.206. The molecule has 0 aliphatic carbocycles. The van der Waals surface area contributed by atoms with Crippen LogP contribution in [-0.4, -0.2) is 52.5 Å². The predicted molar refractivity (Wildman–Crippen MR) is 98.1 cm³/mol. The summed E-state index contributed by atoms with van der Waals surface area (Å²) in [5, 5.41) is 2.61. The zero-order valence-corrected chi connectivity index (χ0v) is 15.9. The first-order valence-corrected chi connectivity index (χ1v) is 8.47. The molecule has 3 N–H and O–H groups in total. The minimum atomic E-state index is -2.96. The van der Waals surface area contributed by atoms with E-state index < -0.39 is 24.1 Å². The maximum absolute atomic E-state index is 13.0. The third kappa shape index (κ3) is 4.00. The fourth-order valence-corrected chi connectivity index (χ4v) is 2.84. The third-order valence-electron chi connectivity index (χ3n) is 4.32. The molecule has 10 nitrogen and oxygen atoms in total. The lowest BCUT2D eigenvalue weighted by Crippen LogP contribution is -2.40. The van der Waals surface area contributed by atoms with Gasteiger partial charge in [0, 0.05) is 14.1 Å². The van der Waals surface area contributed by atoms with E-state index in [-0.39, 0.29) is 30.0 Å². The van der Waals surface area contributed by atoms with E-state index in [0.717, 1.165) is 4.90 Å². The molecule has 1 atom stereocenters. The van der Waals surface area contributed by atoms with Crippen molar-refractivity contribution in [3.8, 4) is 5.75 Å². The van der Waals surface area contributed by atoms with E-state index in [0.29, 0.717) is 5.56 Å². The molecule has 0 saturated carbocycles. The number of aromatic nitrogens is 3. The molecule has 154 valence electrons. The maximum Gasteiger partial charge on any atom is 0.387 e. The Labute approximate surface area is 164 Å². The number of imide groups is 1. The van der Waals surface area contributed by atoms with E-state index in [1.807, 2.05) is 0 Å². The number of benzene rings is 1. The SMILES string of the molecule is CN(C)c1nc(N)nc(CN2C(=O)NC(C)(c3ccc(OC(F)F)cc3)C2=O)n1. The number of rotatable bonds is 6. The minimum Gasteiger partial charge on any atom is -0.435 e. The summed E-state index contributed by atoms with van der Waals surface area (Å²) in [7, 11) is 3.43. The van der Waals surface area contributed by atoms with Gasteiger partial charge in [-0.3, -0.25) is 9.69 Å². The van der Waals surface area contributed by atoms with Gasteiger partial charge in [0.15, 0.2) is 5.82 Å². The zero-order valence-electron chi connectivity index (χ0n) is 15.9. The number of carbonyl (C=O) groups excluding carboxylic acids is 2. The van der Waals surface area contributed by atoms with Crippen molar-refractivity contribution in [1.29, 1.82) is 0 Å². The van der Waals surface area contributed by atoms with Crippen LogP contribution in [0.2, 0.25) is 0 Å². The molecular formula is C17H19F2N7O3. The number of nitrogens with zero attached hydrogens (tertiary/aromatic N) is 5. The van der Waals surface area contributed by atoms with E-state index in [1.54, 1.807) is 19.0 Å². The number of nitrogen functional groups attached to an aromatic ring is 1. The number of ether oxygens (including phenoxy) is 1. The Morgan fingerprint density at radius 2 is 1.86 bits per heavy atom. The van der Waals surface area contributed by atoms with Crippen LogP contribution in [0.15, 0.2) is 24.3 Å². The topological polar surface area (TPSA) is 127 Å². The van der Waals surface area contributed by atoms with Crippen LogP contribution < -0.4 is 20.7 Å². The molecule has 1 fully saturated rings. The second-order valence-electron chi connectivity index (χ2n) is 6.65. The Kier molecular flexibility index (Phi) is 5.18. The van der Waals surface area contributed by atoms with Crippen LogP contribution >= 0.6 is 0 Å². The standard InChI is InChI=1S/C17H19F2N7O3/c1-17(9-4-6-10(7-5-9)29-13(18)19)12(27)26(16(28)24-17)8-11-21-14(20)23-15(22-11)25(2)3/h4-7,13H,8H2,1-3H3,(H,24,28)(H2,20,21,22,23). The van der Waals surface area contributed by atoms with Gasteiger partial charge in [0.25, 0.3) is 5.91 Å². The number of nitrogens with two attached hydrogens (primary N) is 1. The number of anilines is 2. The van der Waals surface area contributed by atoms with Crippen molar-refractivity contribution in [2.45, 2.75) is 25.6 Å². The quantitative estimate of drug-likeness (QED) is 0.682. The third-order valence-corrected chi connectivity index (χ3v) is 4.32. The van der Waals surface area contributed by atoms with E-state index in [4.69, 9.17) is 5.73 Å². The van der Waals surface area contributed by atoms with Gasteiger partial charge >= 0.3 is 12.6 Å². The monoisotopic (exact) mass is 407 g/mol. The van der Waals surface area contributed by atoms with Gasteiger partial charge in [0.1, 0.15) is 11.3 Å². The minimum absolute atomic E-state index is 0.0388. The fraction of sp³-hybridized carbons (Fsp3) is 0.353. The molecule has 1 aromatic heterocycles. The number of halogens is 2. The summed E-state index contributed by atoms with van der Waals surface area (Å²) in [4.78, 5) is 40.1. The highest BCUT2D eigenvalue weighted by Crippen LogP contribution is 2.31. The number of urea groups is 1. The van der Waals surface area contributed by atoms with E-state index in [9.17, 15) is 18.4 Å². The molecule has 1 aliphatic heterocycles. The Bertz CT molecular complexity index is 939. The summed E-state index contributed by atoms with van der Waals surface area (Å²) >= 11 is 0. The average Bonchev–Trinajstić information content (AvgIpc) is 2.85. The Balaban J connectivity index is 1.84. The summed E-state index contributed by atoms with van der Waals surface area (Å²) in [5.41, 5.74) is 4.70. The summed E-state index contributed by atoms with van der Waals surface area (Å²) < 4.78 is 28.9. The van der Waals surface area contributed by atoms with Gasteiger partial charge in [-0.25, -0.2) is 4.79 Å². The van der Waals surface area contributed by atoms with Gasteiger partial charge < -0.3 is 20.7 Å². The number of hydrogen-bond acceptors (Lipinski definition) is 8. The average molecular weight is 407 g/mol. The van der Waals surface area contributed by atoms with Crippen LogP contribution in [0.4, 0.5) is 25.5 Å². The lowest BCUT2D eigenvalue weighted by molar-refractivity contribution is -0.131. The maximum atomic E-state index is 13.0. The van der Waals surface area contributed by atoms with Crippen LogP contribution in [0.3, 0.4) is 0 Å². The molecule has 29 heavy (non-hydrogen) atoms. The van der Waals surface area contributed by atoms with Crippen LogP contribution in [0.25, 0.3) is 0 Å². The van der Waals surface area contributed by atoms with Crippen LogP contribution in [0.1, 0.15) is 18.3 Å². The number of carbonyl (C=O) groups is 2. The van der Waals surface area contributed by atoms with Crippen LogP contribution in [0.5, 0.6) is 5.75 Å². The first-order chi connectivity index (χ1) is 13.6. The predicted octanol–water partition coefficient (Wildman–Crippen LogP) is 1.09. The molecule has 2 heterocycles. The van der Waals surface area contributed by atoms with Crippen molar-refractivity contribution in [2.24, 2.45) is 0 Å². The summed E-state index contributed by atoms with van der Waals surface area (Å²) in [6.07, 6.45) is 0. The normalized spacial score (nSPS) is 18.9. The molecule has 3 amide bonds. The van der Waals surface area contributed by atoms with Crippen molar-refractivity contribution in [2.75, 3.05) is 24.7 Å². The number of amides is 3. The van der Waals surface area contributed by atoms with Gasteiger partial charge in [0.05, 0.1) is 6.54 Å². The van der Waals surface area contributed by atoms with Crippen molar-refractivity contribution in [3.05, 3.63) is 35.7 Å². The molecule has 12 heteroatoms. The van der Waals surface area contributed by atoms with Gasteiger partial charge in [-0.05, 0) is 24.6 Å². The lowest BCUT2D eigenvalue weighted by Gasteiger charge is -2.22. The first-order valence-electron chi connectivity index (χ1n) is 8.47. The Morgan fingerprint density at radius 1 is 1.21 bits per heavy atom. The summed E-state index contributed by atoms with van der Waals surface area (Å²) in [6, 6.07) is 4.82. The molecule has 1 aliphatic rings. The molecular weight excluding hydrogens is 388 g/mol. The second-order valence-corrected chi connectivity index (χ2v) is 6.65. The van der Waals surface area contributed by atoms with E-state index >= 15 is 0 Å². The molecule has 0 bridgehead atoms. The lowest BCUT2D eigenvalue weighted by atomic mass is 9.92. The van der Waals surface area contributed by atoms with Crippen molar-refractivity contribution >= 4 is 23.8 Å². The van der Waals surface area contributed by atoms with E-state index in [1.165, 1.54) is 31.2 Å². The number of nitrogens with one attached hydrogen (secondary N) is 1. The highest BCUT2D eigenvalue weighted by atomic mass is 19.3. The summed E-state index contributed by atoms with van der Waals surface area (Å²) in [6.45, 7) is -1.65. The first kappa shape index (κ1) is 20.2. The smallest absolute Gasteiger partial charge is 0.387 e. The van der Waals surface area contributed by atoms with Crippen LogP contribution in [-0.2, 0) is 16.9 Å². The molecule has 2 aromatic rings. The highest BCUT2D eigenvalue weighted by Gasteiger charge is 2.49. The van der Waals surface area contributed by atoms with Crippen molar-refractivity contribution in [3.63, 3.8) is 0 Å². The zero-order chi connectivity index (χ0) is 21.3. The second kappa shape index (κ2) is 7.45. The number of hydrogen-bond donors (Lipinski definition) is 2. The molecule has 3 rings (SSSR count). The number of alkyl halides is 2. The molecule has 0 spiro atoms. The molecule has 1 saturated heterocycles. The highest BCUT2D eigenvalue weighted by molar-refractivity contribution is 6.07. The van der Waals surface area contributed by atoms with Gasteiger partial charge in [-0.2, -0.15) is 23.7 Å². The Morgan fingerprint density at radius 3 is 2.45 bits per heavy atom. The fourth-order valence-electron chi connectivity index (χ4n) is 2.84. The van der Waals surface area contributed by atoms with Gasteiger partial charge in [0.2, 0.25) is 11.9 Å². The molecule has 1 unspecified atom stereocenters. The van der Waals surface area contributed by atoms with Gasteiger partial charge in [-0.1, -0.05) is 12.1 Å². The molecule has 0 radical (unpaired) electrons.